The summed E-state index contributed by atoms with van der Waals surface area (Å²) in [6.45, 7) is 12.0. The topological polar surface area (TPSA) is 0 Å². The zero-order valence-electron chi connectivity index (χ0n) is 23.4. The second kappa shape index (κ2) is 11.8. The monoisotopic (exact) mass is 628 g/mol. The first-order valence-electron chi connectivity index (χ1n) is 13.7. The van der Waals surface area contributed by atoms with Crippen molar-refractivity contribution in [2.75, 3.05) is 0 Å². The number of benzene rings is 4. The van der Waals surface area contributed by atoms with E-state index in [0.29, 0.717) is 9.54 Å². The van der Waals surface area contributed by atoms with Crippen LogP contribution in [0.3, 0.4) is 0 Å². The average molecular weight is 631 g/mol. The molecule has 4 aromatic rings. The molecule has 0 spiro atoms. The molecule has 0 amide bonds. The minimum Gasteiger partial charge on any atom is -1.00 e. The second-order valence-corrected chi connectivity index (χ2v) is 17.3. The van der Waals surface area contributed by atoms with Gasteiger partial charge in [0.1, 0.15) is 0 Å². The van der Waals surface area contributed by atoms with E-state index in [2.05, 4.69) is 135 Å². The minimum atomic E-state index is -2.50. The summed E-state index contributed by atoms with van der Waals surface area (Å²) in [5, 5.41) is 2.72. The van der Waals surface area contributed by atoms with E-state index in [-0.39, 0.29) is 30.2 Å². The van der Waals surface area contributed by atoms with Crippen LogP contribution in [0.15, 0.2) is 111 Å². The Bertz CT molecular complexity index is 1570. The van der Waals surface area contributed by atoms with E-state index in [1.807, 2.05) is 0 Å². The Morgan fingerprint density at radius 3 is 1.92 bits per heavy atom. The first kappa shape index (κ1) is 29.9. The number of halogens is 2. The van der Waals surface area contributed by atoms with E-state index < -0.39 is 21.3 Å². The van der Waals surface area contributed by atoms with Crippen LogP contribution in [0.1, 0.15) is 61.4 Å². The molecule has 0 bridgehead atoms. The van der Waals surface area contributed by atoms with Crippen LogP contribution < -0.4 is 24.8 Å². The van der Waals surface area contributed by atoms with Gasteiger partial charge in [0.05, 0.1) is 0 Å². The molecule has 0 saturated carbocycles. The van der Waals surface area contributed by atoms with Crippen molar-refractivity contribution in [3.05, 3.63) is 128 Å². The molecule has 4 aromatic carbocycles. The summed E-state index contributed by atoms with van der Waals surface area (Å²) < 4.78 is 5.11. The van der Waals surface area contributed by atoms with E-state index in [9.17, 15) is 0 Å². The predicted octanol–water partition coefficient (Wildman–Crippen LogP) is 3.67. The van der Waals surface area contributed by atoms with E-state index in [0.717, 1.165) is 6.42 Å². The van der Waals surface area contributed by atoms with Gasteiger partial charge >= 0.3 is 231 Å². The number of fused-ring (bicyclic) bond motifs is 4. The Morgan fingerprint density at radius 1 is 0.744 bits per heavy atom. The summed E-state index contributed by atoms with van der Waals surface area (Å²) in [4.78, 5) is 0. The van der Waals surface area contributed by atoms with Crippen LogP contribution in [0.25, 0.3) is 21.9 Å². The Hall–Kier alpha value is -2.05. The third-order valence-corrected chi connectivity index (χ3v) is 16.3. The molecule has 3 heteroatoms. The van der Waals surface area contributed by atoms with Crippen molar-refractivity contribution >= 4 is 14.5 Å². The van der Waals surface area contributed by atoms with Crippen LogP contribution in [0.5, 0.6) is 0 Å². The fourth-order valence-corrected chi connectivity index (χ4v) is 15.7. The molecule has 0 nitrogen and oxygen atoms in total. The van der Waals surface area contributed by atoms with Crippen LogP contribution in [-0.4, -0.2) is 3.71 Å². The van der Waals surface area contributed by atoms with E-state index >= 15 is 0 Å². The maximum atomic E-state index is 2.80. The van der Waals surface area contributed by atoms with Gasteiger partial charge < -0.3 is 24.8 Å². The maximum Gasteiger partial charge on any atom is -1.00 e. The van der Waals surface area contributed by atoms with Crippen molar-refractivity contribution in [3.8, 4) is 11.1 Å². The predicted molar refractivity (Wildman–Crippen MR) is 157 cm³/mol. The molecule has 6 rings (SSSR count). The third kappa shape index (κ3) is 5.24. The molecule has 0 radical (unpaired) electrons. The van der Waals surface area contributed by atoms with Gasteiger partial charge in [-0.3, -0.25) is 0 Å². The smallest absolute Gasteiger partial charge is 1.00 e. The average Bonchev–Trinajstić information content (AvgIpc) is 3.42. The minimum absolute atomic E-state index is 0. The van der Waals surface area contributed by atoms with Gasteiger partial charge in [-0.15, -0.1) is 0 Å². The van der Waals surface area contributed by atoms with Crippen molar-refractivity contribution in [3.63, 3.8) is 0 Å². The molecular weight excluding hydrogens is 595 g/mol. The van der Waals surface area contributed by atoms with Gasteiger partial charge in [0.15, 0.2) is 0 Å². The molecule has 1 atom stereocenters. The second-order valence-electron chi connectivity index (χ2n) is 11.6. The van der Waals surface area contributed by atoms with Crippen LogP contribution >= 0.6 is 0 Å². The van der Waals surface area contributed by atoms with Gasteiger partial charge in [0, 0.05) is 0 Å². The normalized spacial score (nSPS) is 16.4. The molecule has 0 aliphatic heterocycles. The van der Waals surface area contributed by atoms with Crippen molar-refractivity contribution in [1.82, 2.24) is 0 Å². The van der Waals surface area contributed by atoms with Crippen LogP contribution in [0.2, 0.25) is 0 Å². The summed E-state index contributed by atoms with van der Waals surface area (Å²) in [6.07, 6.45) is 3.73. The number of allylic oxidation sites excluding steroid dienone is 4. The SMILES string of the molecule is CCC1=[C](/[Zr+2](=[CH]/c2cccc3ccccc23)[CH]2c3ccccc3-c3ccccc32)C(C)C=C1C(C)(C)C.[Cl-].[Cl-]. The van der Waals surface area contributed by atoms with Crippen molar-refractivity contribution in [2.45, 2.75) is 44.7 Å². The Kier molecular flexibility index (Phi) is 9.07. The molecule has 0 aromatic heterocycles. The van der Waals surface area contributed by atoms with Crippen molar-refractivity contribution < 1.29 is 46.1 Å². The summed E-state index contributed by atoms with van der Waals surface area (Å²) in [6, 6.07) is 34.2. The number of hydrogen-bond acceptors (Lipinski definition) is 0. The van der Waals surface area contributed by atoms with Crippen LogP contribution in [0, 0.1) is 11.3 Å². The van der Waals surface area contributed by atoms with E-state index in [1.54, 1.807) is 25.6 Å². The Balaban J connectivity index is 0.00000176. The fraction of sp³-hybridized carbons (Fsp3) is 0.250. The first-order chi connectivity index (χ1) is 17.9. The zero-order chi connectivity index (χ0) is 25.7. The van der Waals surface area contributed by atoms with Gasteiger partial charge in [0.2, 0.25) is 0 Å². The van der Waals surface area contributed by atoms with Gasteiger partial charge in [-0.25, -0.2) is 0 Å². The summed E-state index contributed by atoms with van der Waals surface area (Å²) in [7, 11) is 0. The van der Waals surface area contributed by atoms with Gasteiger partial charge in [-0.1, -0.05) is 0 Å². The molecule has 0 fully saturated rings. The summed E-state index contributed by atoms with van der Waals surface area (Å²) in [5.41, 5.74) is 10.8. The van der Waals surface area contributed by atoms with Crippen molar-refractivity contribution in [2.24, 2.45) is 11.3 Å². The Morgan fingerprint density at radius 2 is 1.31 bits per heavy atom. The van der Waals surface area contributed by atoms with Gasteiger partial charge in [-0.2, -0.15) is 0 Å². The maximum absolute atomic E-state index is 2.80. The number of hydrogen-bond donors (Lipinski definition) is 0. The summed E-state index contributed by atoms with van der Waals surface area (Å²) >= 11 is -2.50. The number of rotatable bonds is 4. The van der Waals surface area contributed by atoms with Gasteiger partial charge in [-0.05, 0) is 0 Å². The fourth-order valence-electron chi connectivity index (χ4n) is 6.73. The summed E-state index contributed by atoms with van der Waals surface area (Å²) in [5.74, 6) is 0.504. The van der Waals surface area contributed by atoms with Crippen molar-refractivity contribution in [1.29, 1.82) is 0 Å². The molecule has 0 N–H and O–H groups in total. The third-order valence-electron chi connectivity index (χ3n) is 8.27. The molecule has 2 aliphatic carbocycles. The first-order valence-corrected chi connectivity index (χ1v) is 17.8. The molecule has 39 heavy (non-hydrogen) atoms. The van der Waals surface area contributed by atoms with Gasteiger partial charge in [0.25, 0.3) is 0 Å². The zero-order valence-corrected chi connectivity index (χ0v) is 27.4. The molecule has 1 unspecified atom stereocenters. The molecule has 2 aliphatic rings. The molecule has 0 saturated heterocycles. The van der Waals surface area contributed by atoms with E-state index in [1.165, 1.54) is 27.5 Å². The van der Waals surface area contributed by atoms with Crippen LogP contribution in [-0.2, 0) is 21.3 Å². The molecule has 0 heterocycles. The quantitative estimate of drug-likeness (QED) is 0.323. The van der Waals surface area contributed by atoms with Crippen LogP contribution in [0.4, 0.5) is 0 Å². The largest absolute Gasteiger partial charge is 1.00 e. The van der Waals surface area contributed by atoms with E-state index in [4.69, 9.17) is 0 Å². The standard InChI is InChI=1S/C13H9.C12H19.C11H8.2ClH.Zr/c1-3-7-12-10(5-1)9-11-6-2-4-8-13(11)12;1-6-10-7-9(2)8-11(10)12(3,4)5;1-9-5-4-7-10-6-2-3-8-11(9)10;;;/h1-9H;8-9H,6H2,1-5H3;1-8H;2*1H;/q;;;;;+2/p-2. The Labute approximate surface area is 254 Å². The molecular formula is C36H36Cl2Zr. The molecule has 198 valence electrons.